The standard InChI is InChI=1S/C19H13FN2O3S2/c1-24-19(23)15-7-6-13(25-15)8-26-17-16-14(9-27-18(16)22-10-21-17)11-2-4-12(20)5-3-11/h2-7,9-10H,8H2,1H3. The van der Waals surface area contributed by atoms with E-state index in [0.717, 1.165) is 26.4 Å². The first-order chi connectivity index (χ1) is 13.2. The molecule has 0 saturated carbocycles. The van der Waals surface area contributed by atoms with Crippen LogP contribution in [0.4, 0.5) is 4.39 Å². The number of nitrogens with zero attached hydrogens (tertiary/aromatic N) is 2. The van der Waals surface area contributed by atoms with Crippen molar-refractivity contribution in [3.8, 4) is 11.1 Å². The van der Waals surface area contributed by atoms with E-state index >= 15 is 0 Å². The van der Waals surface area contributed by atoms with Crippen molar-refractivity contribution in [3.05, 3.63) is 65.4 Å². The van der Waals surface area contributed by atoms with Gasteiger partial charge in [0.05, 0.1) is 18.2 Å². The van der Waals surface area contributed by atoms with E-state index in [4.69, 9.17) is 4.42 Å². The summed E-state index contributed by atoms with van der Waals surface area (Å²) in [5.74, 6) is 0.534. The predicted molar refractivity (Wildman–Crippen MR) is 102 cm³/mol. The minimum absolute atomic E-state index is 0.170. The fourth-order valence-electron chi connectivity index (χ4n) is 2.60. The molecule has 0 atom stereocenters. The van der Waals surface area contributed by atoms with Crippen molar-refractivity contribution in [2.24, 2.45) is 0 Å². The van der Waals surface area contributed by atoms with E-state index in [0.29, 0.717) is 11.5 Å². The van der Waals surface area contributed by atoms with Gasteiger partial charge < -0.3 is 9.15 Å². The number of ether oxygens (including phenoxy) is 1. The van der Waals surface area contributed by atoms with E-state index in [2.05, 4.69) is 14.7 Å². The third-order valence-electron chi connectivity index (χ3n) is 3.89. The summed E-state index contributed by atoms with van der Waals surface area (Å²) in [6.07, 6.45) is 1.53. The Balaban J connectivity index is 1.64. The summed E-state index contributed by atoms with van der Waals surface area (Å²) < 4.78 is 23.4. The molecular formula is C19H13FN2O3S2. The first kappa shape index (κ1) is 17.7. The molecular weight excluding hydrogens is 387 g/mol. The average molecular weight is 400 g/mol. The summed E-state index contributed by atoms with van der Waals surface area (Å²) >= 11 is 3.00. The number of furan rings is 1. The zero-order chi connectivity index (χ0) is 18.8. The van der Waals surface area contributed by atoms with Crippen LogP contribution in [0.1, 0.15) is 16.3 Å². The Labute approximate surface area is 162 Å². The van der Waals surface area contributed by atoms with E-state index in [1.807, 2.05) is 5.38 Å². The summed E-state index contributed by atoms with van der Waals surface area (Å²) in [6.45, 7) is 0. The van der Waals surface area contributed by atoms with Crippen LogP contribution < -0.4 is 0 Å². The molecule has 0 fully saturated rings. The number of rotatable bonds is 5. The summed E-state index contributed by atoms with van der Waals surface area (Å²) in [5.41, 5.74) is 1.87. The smallest absolute Gasteiger partial charge is 0.373 e. The van der Waals surface area contributed by atoms with Gasteiger partial charge in [0, 0.05) is 10.9 Å². The number of methoxy groups -OCH3 is 1. The lowest BCUT2D eigenvalue weighted by atomic mass is 10.1. The molecule has 8 heteroatoms. The molecule has 0 unspecified atom stereocenters. The summed E-state index contributed by atoms with van der Waals surface area (Å²) in [7, 11) is 1.31. The fourth-order valence-corrected chi connectivity index (χ4v) is 4.49. The van der Waals surface area contributed by atoms with Gasteiger partial charge in [-0.15, -0.1) is 11.3 Å². The molecule has 1 aromatic carbocycles. The molecule has 0 aliphatic rings. The number of hydrogen-bond donors (Lipinski definition) is 0. The number of thiophene rings is 1. The minimum atomic E-state index is -0.507. The van der Waals surface area contributed by atoms with Crippen molar-refractivity contribution < 1.29 is 18.3 Å². The molecule has 0 saturated heterocycles. The van der Waals surface area contributed by atoms with Gasteiger partial charge in [-0.05, 0) is 29.8 Å². The molecule has 0 aliphatic heterocycles. The van der Waals surface area contributed by atoms with Gasteiger partial charge in [-0.25, -0.2) is 19.2 Å². The lowest BCUT2D eigenvalue weighted by molar-refractivity contribution is 0.0563. The van der Waals surface area contributed by atoms with Gasteiger partial charge in [0.2, 0.25) is 5.76 Å². The van der Waals surface area contributed by atoms with Crippen LogP contribution >= 0.6 is 23.1 Å². The van der Waals surface area contributed by atoms with Crippen molar-refractivity contribution in [2.45, 2.75) is 10.8 Å². The summed E-state index contributed by atoms with van der Waals surface area (Å²) in [6, 6.07) is 9.69. The second-order valence-corrected chi connectivity index (χ2v) is 7.38. The van der Waals surface area contributed by atoms with E-state index in [1.54, 1.807) is 24.3 Å². The van der Waals surface area contributed by atoms with Crippen LogP contribution in [0.5, 0.6) is 0 Å². The lowest BCUT2D eigenvalue weighted by Crippen LogP contribution is -1.98. The monoisotopic (exact) mass is 400 g/mol. The molecule has 0 amide bonds. The van der Waals surface area contributed by atoms with Gasteiger partial charge in [0.1, 0.15) is 27.8 Å². The first-order valence-corrected chi connectivity index (χ1v) is 9.80. The molecule has 136 valence electrons. The number of benzene rings is 1. The molecule has 0 N–H and O–H groups in total. The van der Waals surface area contributed by atoms with Crippen molar-refractivity contribution in [3.63, 3.8) is 0 Å². The molecule has 0 spiro atoms. The normalized spacial score (nSPS) is 11.0. The maximum atomic E-state index is 13.2. The molecule has 0 aliphatic carbocycles. The highest BCUT2D eigenvalue weighted by Crippen LogP contribution is 2.38. The topological polar surface area (TPSA) is 65.2 Å². The number of halogens is 1. The molecule has 0 radical (unpaired) electrons. The number of thioether (sulfide) groups is 1. The zero-order valence-electron chi connectivity index (χ0n) is 14.1. The molecule has 5 nitrogen and oxygen atoms in total. The molecule has 3 aromatic heterocycles. The highest BCUT2D eigenvalue weighted by Gasteiger charge is 2.15. The van der Waals surface area contributed by atoms with Gasteiger partial charge in [-0.2, -0.15) is 0 Å². The van der Waals surface area contributed by atoms with Gasteiger partial charge in [-0.1, -0.05) is 23.9 Å². The maximum absolute atomic E-state index is 13.2. The minimum Gasteiger partial charge on any atom is -0.463 e. The number of aromatic nitrogens is 2. The number of esters is 1. The summed E-state index contributed by atoms with van der Waals surface area (Å²) in [4.78, 5) is 21.1. The Morgan fingerprint density at radius 3 is 2.81 bits per heavy atom. The van der Waals surface area contributed by atoms with E-state index in [-0.39, 0.29) is 11.6 Å². The van der Waals surface area contributed by atoms with E-state index in [1.165, 1.54) is 48.7 Å². The average Bonchev–Trinajstić information content (AvgIpc) is 3.34. The highest BCUT2D eigenvalue weighted by molar-refractivity contribution is 7.98. The molecule has 0 bridgehead atoms. The van der Waals surface area contributed by atoms with Crippen LogP contribution in [-0.4, -0.2) is 23.0 Å². The number of carbonyl (C=O) groups is 1. The van der Waals surface area contributed by atoms with Gasteiger partial charge in [-0.3, -0.25) is 0 Å². The van der Waals surface area contributed by atoms with Gasteiger partial charge in [0.15, 0.2) is 0 Å². The molecule has 27 heavy (non-hydrogen) atoms. The van der Waals surface area contributed by atoms with Crippen molar-refractivity contribution >= 4 is 39.3 Å². The number of carbonyl (C=O) groups excluding carboxylic acids is 1. The van der Waals surface area contributed by atoms with Crippen LogP contribution in [0.3, 0.4) is 0 Å². The maximum Gasteiger partial charge on any atom is 0.373 e. The third-order valence-corrected chi connectivity index (χ3v) is 5.79. The second kappa shape index (κ2) is 7.50. The van der Waals surface area contributed by atoms with E-state index in [9.17, 15) is 9.18 Å². The van der Waals surface area contributed by atoms with Crippen LogP contribution in [0.25, 0.3) is 21.3 Å². The number of fused-ring (bicyclic) bond motifs is 1. The largest absolute Gasteiger partial charge is 0.463 e. The fraction of sp³-hybridized carbons (Fsp3) is 0.105. The highest BCUT2D eigenvalue weighted by atomic mass is 32.2. The molecule has 4 aromatic rings. The predicted octanol–water partition coefficient (Wildman–Crippen LogP) is 5.17. The van der Waals surface area contributed by atoms with Gasteiger partial charge in [0.25, 0.3) is 0 Å². The first-order valence-electron chi connectivity index (χ1n) is 7.93. The third kappa shape index (κ3) is 3.58. The van der Waals surface area contributed by atoms with Crippen molar-refractivity contribution in [1.82, 2.24) is 9.97 Å². The van der Waals surface area contributed by atoms with Crippen molar-refractivity contribution in [2.75, 3.05) is 7.11 Å². The Hall–Kier alpha value is -2.71. The van der Waals surface area contributed by atoms with Crippen LogP contribution in [0, 0.1) is 5.82 Å². The quantitative estimate of drug-likeness (QED) is 0.262. The number of hydrogen-bond acceptors (Lipinski definition) is 7. The lowest BCUT2D eigenvalue weighted by Gasteiger charge is -2.04. The zero-order valence-corrected chi connectivity index (χ0v) is 15.8. The van der Waals surface area contributed by atoms with Crippen LogP contribution in [0.15, 0.2) is 57.5 Å². The molecule has 3 heterocycles. The second-order valence-electron chi connectivity index (χ2n) is 5.56. The Morgan fingerprint density at radius 2 is 2.04 bits per heavy atom. The Bertz CT molecular complexity index is 1110. The Kier molecular flexibility index (Phi) is 4.91. The molecule has 4 rings (SSSR count). The SMILES string of the molecule is COC(=O)c1ccc(CSc2ncnc3scc(-c4ccc(F)cc4)c23)o1. The Morgan fingerprint density at radius 1 is 1.22 bits per heavy atom. The van der Waals surface area contributed by atoms with E-state index < -0.39 is 5.97 Å². The van der Waals surface area contributed by atoms with Crippen LogP contribution in [0.2, 0.25) is 0 Å². The van der Waals surface area contributed by atoms with Gasteiger partial charge >= 0.3 is 5.97 Å². The summed E-state index contributed by atoms with van der Waals surface area (Å²) in [5, 5.41) is 3.73. The van der Waals surface area contributed by atoms with Crippen LogP contribution in [-0.2, 0) is 10.5 Å². The van der Waals surface area contributed by atoms with Crippen molar-refractivity contribution in [1.29, 1.82) is 0 Å².